The fraction of sp³-hybridized carbons (Fsp3) is 0. The zero-order chi connectivity index (χ0) is 32.8. The Morgan fingerprint density at radius 2 is 0.920 bits per heavy atom. The number of hydrogen-bond acceptors (Lipinski definition) is 4. The van der Waals surface area contributed by atoms with E-state index < -0.39 is 0 Å². The van der Waals surface area contributed by atoms with Crippen LogP contribution in [0.4, 0.5) is 0 Å². The van der Waals surface area contributed by atoms with Crippen LogP contribution in [0.3, 0.4) is 0 Å². The van der Waals surface area contributed by atoms with E-state index in [0.29, 0.717) is 17.5 Å². The lowest BCUT2D eigenvalue weighted by atomic mass is 9.92. The molecule has 0 amide bonds. The second kappa shape index (κ2) is 10.5. The summed E-state index contributed by atoms with van der Waals surface area (Å²) in [5.74, 6) is 1.97. The minimum Gasteiger partial charge on any atom is -0.307 e. The Labute approximate surface area is 290 Å². The van der Waals surface area contributed by atoms with Gasteiger partial charge in [0.2, 0.25) is 0 Å². The number of thiophene rings is 1. The molecular weight excluding hydrogens is 629 g/mol. The van der Waals surface area contributed by atoms with E-state index in [9.17, 15) is 0 Å². The summed E-state index contributed by atoms with van der Waals surface area (Å²) in [5, 5.41) is 7.70. The summed E-state index contributed by atoms with van der Waals surface area (Å²) in [6.45, 7) is 0. The molecule has 11 aromatic rings. The molecule has 0 aliphatic heterocycles. The third-order valence-electron chi connectivity index (χ3n) is 9.97. The highest BCUT2D eigenvalue weighted by molar-refractivity contribution is 7.27. The van der Waals surface area contributed by atoms with E-state index in [0.717, 1.165) is 22.3 Å². The molecule has 0 atom stereocenters. The highest BCUT2D eigenvalue weighted by Gasteiger charge is 2.23. The lowest BCUT2D eigenvalue weighted by molar-refractivity contribution is 1.07. The van der Waals surface area contributed by atoms with E-state index in [2.05, 4.69) is 101 Å². The first kappa shape index (κ1) is 27.5. The Hall–Kier alpha value is -6.43. The largest absolute Gasteiger partial charge is 0.307 e. The summed E-state index contributed by atoms with van der Waals surface area (Å²) in [7, 11) is 0. The van der Waals surface area contributed by atoms with Crippen LogP contribution in [0.1, 0.15) is 0 Å². The van der Waals surface area contributed by atoms with Crippen LogP contribution in [-0.2, 0) is 0 Å². The molecule has 50 heavy (non-hydrogen) atoms. The smallest absolute Gasteiger partial charge is 0.164 e. The van der Waals surface area contributed by atoms with Gasteiger partial charge in [0.05, 0.1) is 21.3 Å². The number of rotatable bonds is 4. The van der Waals surface area contributed by atoms with Gasteiger partial charge in [0, 0.05) is 42.9 Å². The second-order valence-corrected chi connectivity index (χ2v) is 13.8. The summed E-state index contributed by atoms with van der Waals surface area (Å²) < 4.78 is 5.12. The average Bonchev–Trinajstić information content (AvgIpc) is 3.68. The predicted molar refractivity (Wildman–Crippen MR) is 209 cm³/mol. The Bertz CT molecular complexity index is 3030. The van der Waals surface area contributed by atoms with Crippen molar-refractivity contribution < 1.29 is 0 Å². The van der Waals surface area contributed by atoms with Gasteiger partial charge in [0.25, 0.3) is 0 Å². The molecule has 232 valence electrons. The van der Waals surface area contributed by atoms with Gasteiger partial charge >= 0.3 is 0 Å². The van der Waals surface area contributed by atoms with E-state index in [1.54, 1.807) is 0 Å². The van der Waals surface area contributed by atoms with Crippen molar-refractivity contribution in [1.82, 2.24) is 19.4 Å². The number of fused-ring (bicyclic) bond motifs is 6. The maximum Gasteiger partial charge on any atom is 0.164 e. The van der Waals surface area contributed by atoms with Gasteiger partial charge in [0.15, 0.2) is 17.5 Å². The molecule has 0 N–H and O–H groups in total. The Balaban J connectivity index is 1.19. The fourth-order valence-corrected chi connectivity index (χ4v) is 9.06. The minimum absolute atomic E-state index is 0.653. The molecule has 4 heterocycles. The third-order valence-corrected chi connectivity index (χ3v) is 11.1. The summed E-state index contributed by atoms with van der Waals surface area (Å²) in [4.78, 5) is 15.0. The standard InChI is InChI=1S/C45H26N4S/c1-3-13-27(14-4-1)43-46-44(28-15-5-2-6-16-28)48-45(47-43)30-18-11-17-29(25-30)35-26-38-40-39-32(21-12-22-33(35)39)31-19-7-9-23-36(31)49-37-24-10-8-20-34(37)42(50-38)41(40)49/h1-26H. The van der Waals surface area contributed by atoms with E-state index >= 15 is 0 Å². The van der Waals surface area contributed by atoms with Crippen LogP contribution in [0.5, 0.6) is 0 Å². The number of aromatic nitrogens is 4. The summed E-state index contributed by atoms with van der Waals surface area (Å²) >= 11 is 1.90. The molecule has 0 bridgehead atoms. The quantitative estimate of drug-likeness (QED) is 0.190. The van der Waals surface area contributed by atoms with Crippen molar-refractivity contribution >= 4 is 69.6 Å². The number of hydrogen-bond donors (Lipinski definition) is 0. The molecule has 0 fully saturated rings. The molecule has 11 rings (SSSR count). The molecule has 0 aliphatic carbocycles. The van der Waals surface area contributed by atoms with Gasteiger partial charge < -0.3 is 4.40 Å². The van der Waals surface area contributed by atoms with Gasteiger partial charge in [-0.15, -0.1) is 11.3 Å². The zero-order valence-corrected chi connectivity index (χ0v) is 27.5. The normalized spacial score (nSPS) is 12.0. The summed E-state index contributed by atoms with van der Waals surface area (Å²) in [6, 6.07) is 55.8. The Morgan fingerprint density at radius 3 is 1.64 bits per heavy atom. The van der Waals surface area contributed by atoms with Crippen LogP contribution in [0.15, 0.2) is 158 Å². The van der Waals surface area contributed by atoms with Gasteiger partial charge in [-0.05, 0) is 46.2 Å². The maximum absolute atomic E-state index is 5.03. The molecule has 5 heteroatoms. The van der Waals surface area contributed by atoms with E-state index in [4.69, 9.17) is 15.0 Å². The van der Waals surface area contributed by atoms with Crippen LogP contribution in [-0.4, -0.2) is 19.4 Å². The Kier molecular flexibility index (Phi) is 5.80. The van der Waals surface area contributed by atoms with Crippen molar-refractivity contribution in [2.75, 3.05) is 0 Å². The summed E-state index contributed by atoms with van der Waals surface area (Å²) in [5.41, 5.74) is 8.99. The predicted octanol–water partition coefficient (Wildman–Crippen LogP) is 12.1. The van der Waals surface area contributed by atoms with Crippen molar-refractivity contribution in [3.05, 3.63) is 158 Å². The number of benzene rings is 7. The molecule has 0 saturated heterocycles. The van der Waals surface area contributed by atoms with Crippen molar-refractivity contribution in [1.29, 1.82) is 0 Å². The molecule has 0 unspecified atom stereocenters. The van der Waals surface area contributed by atoms with E-state index in [1.165, 1.54) is 63.8 Å². The van der Waals surface area contributed by atoms with Gasteiger partial charge in [-0.25, -0.2) is 15.0 Å². The number of nitrogens with zero attached hydrogens (tertiary/aromatic N) is 4. The first-order valence-electron chi connectivity index (χ1n) is 16.8. The number of para-hydroxylation sites is 2. The molecule has 0 spiro atoms. The van der Waals surface area contributed by atoms with Crippen LogP contribution in [0.25, 0.3) is 104 Å². The summed E-state index contributed by atoms with van der Waals surface area (Å²) in [6.07, 6.45) is 0. The maximum atomic E-state index is 5.03. The molecule has 0 radical (unpaired) electrons. The van der Waals surface area contributed by atoms with Crippen LogP contribution < -0.4 is 0 Å². The first-order valence-corrected chi connectivity index (χ1v) is 17.6. The van der Waals surface area contributed by atoms with Crippen LogP contribution in [0.2, 0.25) is 0 Å². The molecule has 4 nitrogen and oxygen atoms in total. The molecular formula is C45H26N4S. The monoisotopic (exact) mass is 654 g/mol. The van der Waals surface area contributed by atoms with E-state index in [1.807, 2.05) is 72.0 Å². The molecule has 4 aromatic heterocycles. The van der Waals surface area contributed by atoms with Crippen LogP contribution >= 0.6 is 11.3 Å². The van der Waals surface area contributed by atoms with Crippen molar-refractivity contribution in [2.24, 2.45) is 0 Å². The molecule has 0 aliphatic rings. The lowest BCUT2D eigenvalue weighted by Crippen LogP contribution is -2.00. The molecule has 0 saturated carbocycles. The highest BCUT2D eigenvalue weighted by Crippen LogP contribution is 2.49. The first-order chi connectivity index (χ1) is 24.8. The van der Waals surface area contributed by atoms with E-state index in [-0.39, 0.29) is 0 Å². The lowest BCUT2D eigenvalue weighted by Gasteiger charge is -2.12. The van der Waals surface area contributed by atoms with Crippen molar-refractivity contribution in [2.45, 2.75) is 0 Å². The minimum atomic E-state index is 0.653. The van der Waals surface area contributed by atoms with Gasteiger partial charge in [-0.1, -0.05) is 133 Å². The second-order valence-electron chi connectivity index (χ2n) is 12.8. The van der Waals surface area contributed by atoms with Gasteiger partial charge in [-0.2, -0.15) is 0 Å². The topological polar surface area (TPSA) is 43.1 Å². The molecule has 7 aromatic carbocycles. The highest BCUT2D eigenvalue weighted by atomic mass is 32.1. The third kappa shape index (κ3) is 3.95. The van der Waals surface area contributed by atoms with Gasteiger partial charge in [-0.3, -0.25) is 0 Å². The zero-order valence-electron chi connectivity index (χ0n) is 26.7. The van der Waals surface area contributed by atoms with Gasteiger partial charge in [0.1, 0.15) is 0 Å². The Morgan fingerprint density at radius 1 is 0.400 bits per heavy atom. The fourth-order valence-electron chi connectivity index (χ4n) is 7.79. The van der Waals surface area contributed by atoms with Crippen LogP contribution in [0, 0.1) is 0 Å². The average molecular weight is 655 g/mol. The van der Waals surface area contributed by atoms with Crippen molar-refractivity contribution in [3.63, 3.8) is 0 Å². The van der Waals surface area contributed by atoms with Crippen molar-refractivity contribution in [3.8, 4) is 45.3 Å². The SMILES string of the molecule is c1ccc(-c2nc(-c3ccccc3)nc(-c3cccc(-c4cc5sc6c7ccccc7n7c8ccccc8c8cccc4c8c5c67)c3)n2)cc1.